The molecule has 0 aromatic heterocycles. The Balaban J connectivity index is 1.70. The highest BCUT2D eigenvalue weighted by Gasteiger charge is 2.15. The van der Waals surface area contributed by atoms with Gasteiger partial charge in [0.25, 0.3) is 0 Å². The van der Waals surface area contributed by atoms with Gasteiger partial charge in [0.05, 0.1) is 23.7 Å². The molecule has 0 fully saturated rings. The first kappa shape index (κ1) is 18.9. The van der Waals surface area contributed by atoms with Crippen LogP contribution in [0.3, 0.4) is 0 Å². The number of nitrogens with one attached hydrogen (secondary N) is 1. The lowest BCUT2D eigenvalue weighted by atomic mass is 9.97. The van der Waals surface area contributed by atoms with Crippen molar-refractivity contribution < 1.29 is 14.6 Å². The molecule has 0 aliphatic carbocycles. The zero-order valence-electron chi connectivity index (χ0n) is 14.9. The predicted octanol–water partition coefficient (Wildman–Crippen LogP) is 4.57. The highest BCUT2D eigenvalue weighted by molar-refractivity contribution is 9.10. The Morgan fingerprint density at radius 1 is 1.15 bits per heavy atom. The molecule has 0 heterocycles. The number of benzene rings is 3. The van der Waals surface area contributed by atoms with Gasteiger partial charge < -0.3 is 9.84 Å². The summed E-state index contributed by atoms with van der Waals surface area (Å²) in [6.45, 7) is 1.84. The number of carbonyl (C=O) groups excluding carboxylic acids is 1. The van der Waals surface area contributed by atoms with Gasteiger partial charge in [-0.1, -0.05) is 24.3 Å². The molecule has 0 radical (unpaired) electrons. The third-order valence-corrected chi connectivity index (χ3v) is 4.96. The second-order valence-electron chi connectivity index (χ2n) is 6.14. The number of amides is 1. The smallest absolute Gasteiger partial charge is 0.247 e. The molecule has 27 heavy (non-hydrogen) atoms. The van der Waals surface area contributed by atoms with Gasteiger partial charge in [-0.25, -0.2) is 5.43 Å². The van der Waals surface area contributed by atoms with Crippen molar-refractivity contribution in [2.24, 2.45) is 5.10 Å². The summed E-state index contributed by atoms with van der Waals surface area (Å²) in [5.41, 5.74) is 4.23. The standard InChI is InChI=1S/C21H19BrN2O3/c1-13(15-4-5-17-11-18(27-2)7-6-16(17)10-15)21(26)24-23-12-14-3-8-20(25)19(22)9-14/h3-13,25H,1-2H3,(H,24,26)/b23-12+. The number of hydrazone groups is 1. The number of halogens is 1. The van der Waals surface area contributed by atoms with Gasteiger partial charge in [-0.05, 0) is 75.1 Å². The van der Waals surface area contributed by atoms with Crippen molar-refractivity contribution in [2.45, 2.75) is 12.8 Å². The number of aromatic hydroxyl groups is 1. The number of rotatable bonds is 5. The molecule has 1 atom stereocenters. The van der Waals surface area contributed by atoms with Gasteiger partial charge in [-0.3, -0.25) is 4.79 Å². The summed E-state index contributed by atoms with van der Waals surface area (Å²) in [4.78, 5) is 12.4. The Morgan fingerprint density at radius 2 is 1.89 bits per heavy atom. The van der Waals surface area contributed by atoms with E-state index in [9.17, 15) is 9.90 Å². The van der Waals surface area contributed by atoms with E-state index in [-0.39, 0.29) is 17.6 Å². The van der Waals surface area contributed by atoms with E-state index in [0.717, 1.165) is 27.6 Å². The van der Waals surface area contributed by atoms with Crippen molar-refractivity contribution >= 4 is 38.8 Å². The van der Waals surface area contributed by atoms with Crippen LogP contribution in [0.1, 0.15) is 24.0 Å². The minimum absolute atomic E-state index is 0.152. The SMILES string of the molecule is COc1ccc2cc(C(C)C(=O)N/N=C/c3ccc(O)c(Br)c3)ccc2c1. The van der Waals surface area contributed by atoms with E-state index in [1.807, 2.05) is 43.3 Å². The Kier molecular flexibility index (Phi) is 5.76. The van der Waals surface area contributed by atoms with E-state index in [1.54, 1.807) is 25.3 Å². The van der Waals surface area contributed by atoms with Crippen LogP contribution in [-0.2, 0) is 4.79 Å². The van der Waals surface area contributed by atoms with Crippen molar-refractivity contribution in [1.82, 2.24) is 5.43 Å². The molecule has 3 aromatic rings. The molecule has 0 spiro atoms. The lowest BCUT2D eigenvalue weighted by Gasteiger charge is -2.11. The second kappa shape index (κ2) is 8.22. The fourth-order valence-electron chi connectivity index (χ4n) is 2.66. The van der Waals surface area contributed by atoms with Gasteiger partial charge in [-0.15, -0.1) is 0 Å². The maximum absolute atomic E-state index is 12.4. The zero-order valence-corrected chi connectivity index (χ0v) is 16.5. The van der Waals surface area contributed by atoms with E-state index in [0.29, 0.717) is 4.47 Å². The zero-order chi connectivity index (χ0) is 19.4. The molecule has 3 rings (SSSR count). The summed E-state index contributed by atoms with van der Waals surface area (Å²) in [7, 11) is 1.64. The lowest BCUT2D eigenvalue weighted by Crippen LogP contribution is -2.23. The van der Waals surface area contributed by atoms with Crippen LogP contribution in [-0.4, -0.2) is 24.3 Å². The van der Waals surface area contributed by atoms with Crippen LogP contribution in [0.2, 0.25) is 0 Å². The number of phenolic OH excluding ortho intramolecular Hbond substituents is 1. The summed E-state index contributed by atoms with van der Waals surface area (Å²) in [6, 6.07) is 16.7. The Hall–Kier alpha value is -2.86. The van der Waals surface area contributed by atoms with Crippen molar-refractivity contribution in [3.63, 3.8) is 0 Å². The van der Waals surface area contributed by atoms with Crippen LogP contribution in [0, 0.1) is 0 Å². The second-order valence-corrected chi connectivity index (χ2v) is 6.99. The first-order valence-electron chi connectivity index (χ1n) is 8.37. The number of fused-ring (bicyclic) bond motifs is 1. The lowest BCUT2D eigenvalue weighted by molar-refractivity contribution is -0.122. The topological polar surface area (TPSA) is 70.9 Å². The molecule has 6 heteroatoms. The van der Waals surface area contributed by atoms with Crippen LogP contribution in [0.15, 0.2) is 64.2 Å². The third-order valence-electron chi connectivity index (χ3n) is 4.32. The van der Waals surface area contributed by atoms with E-state index >= 15 is 0 Å². The Morgan fingerprint density at radius 3 is 2.63 bits per heavy atom. The van der Waals surface area contributed by atoms with Gasteiger partial charge in [-0.2, -0.15) is 5.10 Å². The largest absolute Gasteiger partial charge is 0.507 e. The maximum atomic E-state index is 12.4. The molecule has 1 amide bonds. The normalized spacial score (nSPS) is 12.3. The third kappa shape index (κ3) is 4.46. The van der Waals surface area contributed by atoms with Crippen LogP contribution >= 0.6 is 15.9 Å². The van der Waals surface area contributed by atoms with Gasteiger partial charge in [0.1, 0.15) is 11.5 Å². The van der Waals surface area contributed by atoms with Crippen LogP contribution < -0.4 is 10.2 Å². The van der Waals surface area contributed by atoms with E-state index in [1.165, 1.54) is 6.21 Å². The molecule has 0 saturated carbocycles. The molecular formula is C21H19BrN2O3. The summed E-state index contributed by atoms with van der Waals surface area (Å²) in [6.07, 6.45) is 1.53. The summed E-state index contributed by atoms with van der Waals surface area (Å²) < 4.78 is 5.80. The fourth-order valence-corrected chi connectivity index (χ4v) is 3.06. The Bertz CT molecular complexity index is 1020. The highest BCUT2D eigenvalue weighted by Crippen LogP contribution is 2.25. The molecule has 0 saturated heterocycles. The maximum Gasteiger partial charge on any atom is 0.247 e. The molecule has 3 aromatic carbocycles. The minimum Gasteiger partial charge on any atom is -0.507 e. The number of phenols is 1. The van der Waals surface area contributed by atoms with Crippen molar-refractivity contribution in [3.05, 3.63) is 70.2 Å². The number of hydrogen-bond donors (Lipinski definition) is 2. The molecule has 1 unspecified atom stereocenters. The van der Waals surface area contributed by atoms with Crippen LogP contribution in [0.5, 0.6) is 11.5 Å². The van der Waals surface area contributed by atoms with Gasteiger partial charge in [0, 0.05) is 0 Å². The van der Waals surface area contributed by atoms with E-state index in [4.69, 9.17) is 4.74 Å². The summed E-state index contributed by atoms with van der Waals surface area (Å²) in [5.74, 6) is 0.409. The number of nitrogens with zero attached hydrogens (tertiary/aromatic N) is 1. The van der Waals surface area contributed by atoms with Gasteiger partial charge >= 0.3 is 0 Å². The van der Waals surface area contributed by atoms with E-state index < -0.39 is 0 Å². The number of ether oxygens (including phenoxy) is 1. The number of methoxy groups -OCH3 is 1. The summed E-state index contributed by atoms with van der Waals surface area (Å²) in [5, 5.41) is 15.6. The fraction of sp³-hybridized carbons (Fsp3) is 0.143. The number of carbonyl (C=O) groups is 1. The number of hydrogen-bond acceptors (Lipinski definition) is 4. The first-order chi connectivity index (χ1) is 13.0. The van der Waals surface area contributed by atoms with Crippen molar-refractivity contribution in [1.29, 1.82) is 0 Å². The molecule has 0 aliphatic heterocycles. The van der Waals surface area contributed by atoms with Crippen LogP contribution in [0.25, 0.3) is 10.8 Å². The predicted molar refractivity (Wildman–Crippen MR) is 110 cm³/mol. The molecule has 0 bridgehead atoms. The molecule has 5 nitrogen and oxygen atoms in total. The average molecular weight is 427 g/mol. The molecular weight excluding hydrogens is 408 g/mol. The summed E-state index contributed by atoms with van der Waals surface area (Å²) >= 11 is 3.24. The molecule has 138 valence electrons. The average Bonchev–Trinajstić information content (AvgIpc) is 2.69. The quantitative estimate of drug-likeness (QED) is 0.463. The van der Waals surface area contributed by atoms with Crippen molar-refractivity contribution in [2.75, 3.05) is 7.11 Å². The van der Waals surface area contributed by atoms with Crippen LogP contribution in [0.4, 0.5) is 0 Å². The monoisotopic (exact) mass is 426 g/mol. The molecule has 2 N–H and O–H groups in total. The van der Waals surface area contributed by atoms with E-state index in [2.05, 4.69) is 26.5 Å². The molecule has 0 aliphatic rings. The Labute approximate surface area is 165 Å². The van der Waals surface area contributed by atoms with Crippen molar-refractivity contribution in [3.8, 4) is 11.5 Å². The first-order valence-corrected chi connectivity index (χ1v) is 9.16. The minimum atomic E-state index is -0.347. The van der Waals surface area contributed by atoms with Gasteiger partial charge in [0.15, 0.2) is 0 Å². The highest BCUT2D eigenvalue weighted by atomic mass is 79.9. The van der Waals surface area contributed by atoms with Gasteiger partial charge in [0.2, 0.25) is 5.91 Å².